The van der Waals surface area contributed by atoms with Gasteiger partial charge in [-0.25, -0.2) is 14.2 Å². The Morgan fingerprint density at radius 3 is 2.41 bits per heavy atom. The van der Waals surface area contributed by atoms with Gasteiger partial charge in [0.05, 0.1) is 55.7 Å². The van der Waals surface area contributed by atoms with Crippen molar-refractivity contribution in [3.05, 3.63) is 30.1 Å². The number of fused-ring (bicyclic) bond motifs is 1. The summed E-state index contributed by atoms with van der Waals surface area (Å²) in [6.07, 6.45) is 3.46. The second kappa shape index (κ2) is 11.3. The Morgan fingerprint density at radius 2 is 1.82 bits per heavy atom. The van der Waals surface area contributed by atoms with Crippen molar-refractivity contribution in [1.82, 2.24) is 14.9 Å². The molecule has 2 fully saturated rings. The molecular formula is C29H37FN4O5. The van der Waals surface area contributed by atoms with E-state index in [-0.39, 0.29) is 23.1 Å². The van der Waals surface area contributed by atoms with Crippen molar-refractivity contribution in [3.63, 3.8) is 0 Å². The maximum atomic E-state index is 16.5. The number of nitrogens with one attached hydrogen (secondary N) is 1. The van der Waals surface area contributed by atoms with Crippen molar-refractivity contribution in [2.24, 2.45) is 0 Å². The molecule has 210 valence electrons. The largest absolute Gasteiger partial charge is 0.493 e. The standard InChI is InChI=1S/C29H37FN4O5/c1-5-7-13-38-25-23(36-4)16-20(24(30)26(25)39-14-8-6-2)27-32-21-15-19(33-12-11-31-28(33)35)9-10-22(21)34(27)29(3)17-37-18-29/h9-10,15-16H,5-8,11-14,17-18H2,1-4H3,(H,31,35). The summed E-state index contributed by atoms with van der Waals surface area (Å²) < 4.78 is 41.8. The fourth-order valence-electron chi connectivity index (χ4n) is 5.02. The zero-order valence-corrected chi connectivity index (χ0v) is 23.1. The molecule has 2 aliphatic rings. The number of unbranched alkanes of at least 4 members (excludes halogenated alkanes) is 2. The molecule has 1 N–H and O–H groups in total. The van der Waals surface area contributed by atoms with Gasteiger partial charge in [-0.3, -0.25) is 4.90 Å². The van der Waals surface area contributed by atoms with E-state index in [9.17, 15) is 4.79 Å². The number of anilines is 1. The van der Waals surface area contributed by atoms with Crippen molar-refractivity contribution in [1.29, 1.82) is 0 Å². The van der Waals surface area contributed by atoms with Gasteiger partial charge >= 0.3 is 6.03 Å². The molecule has 5 rings (SSSR count). The molecule has 2 saturated heterocycles. The third-order valence-corrected chi connectivity index (χ3v) is 7.26. The zero-order valence-electron chi connectivity index (χ0n) is 23.1. The van der Waals surface area contributed by atoms with Gasteiger partial charge in [-0.15, -0.1) is 0 Å². The van der Waals surface area contributed by atoms with E-state index < -0.39 is 11.4 Å². The number of halogens is 1. The molecular weight excluding hydrogens is 503 g/mol. The lowest BCUT2D eigenvalue weighted by atomic mass is 9.98. The number of nitrogens with zero attached hydrogens (tertiary/aromatic N) is 3. The van der Waals surface area contributed by atoms with Crippen molar-refractivity contribution in [2.45, 2.75) is 52.0 Å². The van der Waals surface area contributed by atoms with Gasteiger partial charge in [0.15, 0.2) is 11.6 Å². The third-order valence-electron chi connectivity index (χ3n) is 7.26. The quantitative estimate of drug-likeness (QED) is 0.306. The van der Waals surface area contributed by atoms with Crippen molar-refractivity contribution in [3.8, 4) is 28.6 Å². The average Bonchev–Trinajstić information content (AvgIpc) is 3.52. The lowest BCUT2D eigenvalue weighted by Gasteiger charge is -2.41. The van der Waals surface area contributed by atoms with E-state index in [0.717, 1.165) is 36.9 Å². The summed E-state index contributed by atoms with van der Waals surface area (Å²) >= 11 is 0. The van der Waals surface area contributed by atoms with E-state index in [0.29, 0.717) is 56.6 Å². The number of hydrogen-bond donors (Lipinski definition) is 1. The van der Waals surface area contributed by atoms with Gasteiger partial charge in [-0.05, 0) is 44.0 Å². The number of carbonyl (C=O) groups excluding carboxylic acids is 1. The molecule has 1 aromatic heterocycles. The SMILES string of the molecule is CCCCOc1c(OC)cc(-c2nc3cc(N4CCNC4=O)ccc3n2C2(C)COC2)c(F)c1OCCCC. The number of benzene rings is 2. The Kier molecular flexibility index (Phi) is 7.83. The molecule has 0 atom stereocenters. The van der Waals surface area contributed by atoms with Gasteiger partial charge in [-0.1, -0.05) is 26.7 Å². The number of rotatable bonds is 12. The highest BCUT2D eigenvalue weighted by Crippen LogP contribution is 2.46. The van der Waals surface area contributed by atoms with Crippen LogP contribution in [0.15, 0.2) is 24.3 Å². The topological polar surface area (TPSA) is 87.1 Å². The summed E-state index contributed by atoms with van der Waals surface area (Å²) in [4.78, 5) is 18.9. The van der Waals surface area contributed by atoms with Crippen LogP contribution >= 0.6 is 0 Å². The van der Waals surface area contributed by atoms with Gasteiger partial charge < -0.3 is 28.8 Å². The van der Waals surface area contributed by atoms with E-state index in [2.05, 4.69) is 26.1 Å². The minimum atomic E-state index is -0.544. The predicted molar refractivity (Wildman–Crippen MR) is 148 cm³/mol. The molecule has 2 aromatic carbocycles. The third kappa shape index (κ3) is 4.97. The molecule has 0 bridgehead atoms. The van der Waals surface area contributed by atoms with Crippen LogP contribution in [0, 0.1) is 5.82 Å². The second-order valence-electron chi connectivity index (χ2n) is 10.3. The van der Waals surface area contributed by atoms with Crippen molar-refractivity contribution < 1.29 is 28.1 Å². The summed E-state index contributed by atoms with van der Waals surface area (Å²) in [7, 11) is 1.54. The van der Waals surface area contributed by atoms with Gasteiger partial charge in [0.1, 0.15) is 5.82 Å². The Bertz CT molecular complexity index is 1350. The highest BCUT2D eigenvalue weighted by molar-refractivity contribution is 5.96. The number of aromatic nitrogens is 2. The minimum Gasteiger partial charge on any atom is -0.493 e. The van der Waals surface area contributed by atoms with Crippen LogP contribution < -0.4 is 24.4 Å². The molecule has 2 amide bonds. The van der Waals surface area contributed by atoms with E-state index >= 15 is 4.39 Å². The van der Waals surface area contributed by atoms with E-state index in [4.69, 9.17) is 23.9 Å². The summed E-state index contributed by atoms with van der Waals surface area (Å²) in [6.45, 7) is 9.08. The molecule has 0 unspecified atom stereocenters. The maximum absolute atomic E-state index is 16.5. The van der Waals surface area contributed by atoms with E-state index in [1.165, 1.54) is 7.11 Å². The molecule has 0 radical (unpaired) electrons. The van der Waals surface area contributed by atoms with Crippen molar-refractivity contribution >= 4 is 22.8 Å². The molecule has 2 aliphatic heterocycles. The number of amides is 2. The van der Waals surface area contributed by atoms with Crippen LogP contribution in [0.4, 0.5) is 14.9 Å². The lowest BCUT2D eigenvalue weighted by Crippen LogP contribution is -2.49. The number of ether oxygens (including phenoxy) is 4. The summed E-state index contributed by atoms with van der Waals surface area (Å²) in [5.74, 6) is 0.591. The summed E-state index contributed by atoms with van der Waals surface area (Å²) in [6, 6.07) is 7.21. The van der Waals surface area contributed by atoms with Gasteiger partial charge in [0, 0.05) is 18.8 Å². The molecule has 9 nitrogen and oxygen atoms in total. The Balaban J connectivity index is 1.68. The van der Waals surface area contributed by atoms with Gasteiger partial charge in [0.25, 0.3) is 0 Å². The van der Waals surface area contributed by atoms with E-state index in [1.54, 1.807) is 11.0 Å². The Labute approximate surface area is 228 Å². The van der Waals surface area contributed by atoms with Crippen LogP contribution in [0.5, 0.6) is 17.2 Å². The first-order valence-electron chi connectivity index (χ1n) is 13.7. The minimum absolute atomic E-state index is 0.0388. The summed E-state index contributed by atoms with van der Waals surface area (Å²) in [5.41, 5.74) is 2.06. The van der Waals surface area contributed by atoms with Crippen LogP contribution in [-0.4, -0.2) is 62.2 Å². The van der Waals surface area contributed by atoms with Crippen LogP contribution in [0.2, 0.25) is 0 Å². The summed E-state index contributed by atoms with van der Waals surface area (Å²) in [5, 5.41) is 2.83. The Hall–Kier alpha value is -3.53. The fraction of sp³-hybridized carbons (Fsp3) is 0.517. The first kappa shape index (κ1) is 27.1. The highest BCUT2D eigenvalue weighted by atomic mass is 19.1. The van der Waals surface area contributed by atoms with Crippen LogP contribution in [-0.2, 0) is 10.3 Å². The average molecular weight is 541 g/mol. The Morgan fingerprint density at radius 1 is 1.10 bits per heavy atom. The molecule has 10 heteroatoms. The molecule has 0 spiro atoms. The molecule has 3 heterocycles. The number of urea groups is 1. The number of methoxy groups -OCH3 is 1. The first-order valence-corrected chi connectivity index (χ1v) is 13.7. The number of carbonyl (C=O) groups is 1. The number of hydrogen-bond acceptors (Lipinski definition) is 6. The molecule has 3 aromatic rings. The van der Waals surface area contributed by atoms with Crippen molar-refractivity contribution in [2.75, 3.05) is 51.5 Å². The fourth-order valence-corrected chi connectivity index (χ4v) is 5.02. The maximum Gasteiger partial charge on any atom is 0.321 e. The van der Waals surface area contributed by atoms with Gasteiger partial charge in [0.2, 0.25) is 11.5 Å². The zero-order chi connectivity index (χ0) is 27.6. The molecule has 0 aliphatic carbocycles. The van der Waals surface area contributed by atoms with Crippen LogP contribution in [0.1, 0.15) is 46.5 Å². The predicted octanol–water partition coefficient (Wildman–Crippen LogP) is 5.48. The second-order valence-corrected chi connectivity index (χ2v) is 10.3. The first-order chi connectivity index (χ1) is 18.9. The monoisotopic (exact) mass is 540 g/mol. The lowest BCUT2D eigenvalue weighted by molar-refractivity contribution is -0.0868. The van der Waals surface area contributed by atoms with E-state index in [1.807, 2.05) is 22.8 Å². The highest BCUT2D eigenvalue weighted by Gasteiger charge is 2.40. The normalized spacial score (nSPS) is 16.3. The van der Waals surface area contributed by atoms with Crippen LogP contribution in [0.25, 0.3) is 22.4 Å². The molecule has 39 heavy (non-hydrogen) atoms. The smallest absolute Gasteiger partial charge is 0.321 e. The van der Waals surface area contributed by atoms with Gasteiger partial charge in [-0.2, -0.15) is 0 Å². The van der Waals surface area contributed by atoms with Crippen LogP contribution in [0.3, 0.4) is 0 Å². The number of imidazole rings is 1. The molecule has 0 saturated carbocycles.